The Balaban J connectivity index is 2.68. The van der Waals surface area contributed by atoms with Crippen molar-refractivity contribution in [2.24, 2.45) is 0 Å². The van der Waals surface area contributed by atoms with E-state index in [0.29, 0.717) is 11.6 Å². The molecule has 0 radical (unpaired) electrons. The molecule has 1 aromatic carbocycles. The van der Waals surface area contributed by atoms with E-state index in [9.17, 15) is 0 Å². The normalized spacial score (nSPS) is 10.2. The van der Waals surface area contributed by atoms with Crippen molar-refractivity contribution >= 4 is 27.5 Å². The summed E-state index contributed by atoms with van der Waals surface area (Å²) < 4.78 is 6.54. The van der Waals surface area contributed by atoms with Crippen LogP contribution in [0, 0.1) is 0 Å². The van der Waals surface area contributed by atoms with E-state index in [1.807, 2.05) is 18.2 Å². The Hall–Kier alpha value is -0.510. The third-order valence-electron chi connectivity index (χ3n) is 1.98. The summed E-state index contributed by atoms with van der Waals surface area (Å²) in [4.78, 5) is 0. The summed E-state index contributed by atoms with van der Waals surface area (Å²) in [6.07, 6.45) is 0. The number of hydrogen-bond acceptors (Lipinski definition) is 2. The van der Waals surface area contributed by atoms with Crippen LogP contribution in [0.5, 0.6) is 5.75 Å². The van der Waals surface area contributed by atoms with E-state index in [1.165, 1.54) is 5.56 Å². The number of halogens is 2. The van der Waals surface area contributed by atoms with Gasteiger partial charge in [-0.15, -0.1) is 0 Å². The van der Waals surface area contributed by atoms with Gasteiger partial charge in [0.25, 0.3) is 0 Å². The van der Waals surface area contributed by atoms with Gasteiger partial charge in [0, 0.05) is 16.0 Å². The molecule has 1 aromatic rings. The molecule has 0 aliphatic carbocycles. The molecule has 0 saturated carbocycles. The second-order valence-corrected chi connectivity index (χ2v) is 4.73. The number of benzene rings is 1. The van der Waals surface area contributed by atoms with E-state index in [2.05, 4.69) is 34.7 Å². The van der Waals surface area contributed by atoms with Crippen LogP contribution >= 0.6 is 27.5 Å². The summed E-state index contributed by atoms with van der Waals surface area (Å²) in [6, 6.07) is 5.87. The second-order valence-electron chi connectivity index (χ2n) is 3.34. The lowest BCUT2D eigenvalue weighted by Gasteiger charge is -2.09. The molecule has 1 rings (SSSR count). The fourth-order valence-corrected chi connectivity index (χ4v) is 1.64. The molecule has 0 fully saturated rings. The van der Waals surface area contributed by atoms with Crippen molar-refractivity contribution in [3.05, 3.63) is 39.8 Å². The van der Waals surface area contributed by atoms with E-state index < -0.39 is 0 Å². The van der Waals surface area contributed by atoms with Crippen LogP contribution in [-0.4, -0.2) is 13.2 Å². The predicted molar refractivity (Wildman–Crippen MR) is 72.0 cm³/mol. The Labute approximate surface area is 110 Å². The fourth-order valence-electron chi connectivity index (χ4n) is 1.20. The average Bonchev–Trinajstić information content (AvgIpc) is 2.26. The quantitative estimate of drug-likeness (QED) is 0.865. The van der Waals surface area contributed by atoms with Crippen molar-refractivity contribution in [3.8, 4) is 5.75 Å². The predicted octanol–water partition coefficient (Wildman–Crippen LogP) is 3.69. The van der Waals surface area contributed by atoms with Crippen LogP contribution in [-0.2, 0) is 6.54 Å². The molecule has 0 aromatic heterocycles. The summed E-state index contributed by atoms with van der Waals surface area (Å²) in [6.45, 7) is 7.75. The van der Waals surface area contributed by atoms with Crippen LogP contribution < -0.4 is 10.1 Å². The zero-order valence-corrected chi connectivity index (χ0v) is 11.6. The molecule has 0 heterocycles. The molecule has 1 N–H and O–H groups in total. The highest BCUT2D eigenvalue weighted by Crippen LogP contribution is 2.23. The van der Waals surface area contributed by atoms with E-state index in [0.717, 1.165) is 23.3 Å². The topological polar surface area (TPSA) is 21.3 Å². The summed E-state index contributed by atoms with van der Waals surface area (Å²) >= 11 is 9.14. The number of hydrogen-bond donors (Lipinski definition) is 1. The van der Waals surface area contributed by atoms with Crippen molar-refractivity contribution in [1.29, 1.82) is 0 Å². The minimum atomic E-state index is 0.337. The monoisotopic (exact) mass is 303 g/mol. The molecule has 88 valence electrons. The van der Waals surface area contributed by atoms with Crippen molar-refractivity contribution in [2.45, 2.75) is 13.5 Å². The molecular weight excluding hydrogens is 289 g/mol. The Morgan fingerprint density at radius 1 is 1.56 bits per heavy atom. The summed E-state index contributed by atoms with van der Waals surface area (Å²) in [5.74, 6) is 0.804. The lowest BCUT2D eigenvalue weighted by atomic mass is 10.2. The van der Waals surface area contributed by atoms with Gasteiger partial charge in [-0.1, -0.05) is 41.0 Å². The van der Waals surface area contributed by atoms with E-state index in [1.54, 1.807) is 0 Å². The minimum absolute atomic E-state index is 0.337. The largest absolute Gasteiger partial charge is 0.488 e. The number of rotatable bonds is 6. The number of ether oxygens (including phenoxy) is 1. The van der Waals surface area contributed by atoms with Gasteiger partial charge in [-0.3, -0.25) is 0 Å². The molecule has 2 nitrogen and oxygen atoms in total. The molecule has 0 aliphatic rings. The summed E-state index contributed by atoms with van der Waals surface area (Å²) in [5.41, 5.74) is 1.17. The molecule has 0 amide bonds. The Kier molecular flexibility index (Phi) is 5.88. The third-order valence-corrected chi connectivity index (χ3v) is 2.86. The molecule has 0 bridgehead atoms. The maximum absolute atomic E-state index is 5.64. The van der Waals surface area contributed by atoms with Gasteiger partial charge in [0.15, 0.2) is 0 Å². The van der Waals surface area contributed by atoms with E-state index in [4.69, 9.17) is 16.3 Å². The molecular formula is C12H15BrClNO. The third kappa shape index (κ3) is 4.56. The van der Waals surface area contributed by atoms with Crippen LogP contribution in [0.1, 0.15) is 12.5 Å². The first-order valence-corrected chi connectivity index (χ1v) is 6.25. The molecule has 0 atom stereocenters. The van der Waals surface area contributed by atoms with E-state index in [-0.39, 0.29) is 0 Å². The van der Waals surface area contributed by atoms with Crippen molar-refractivity contribution < 1.29 is 4.74 Å². The summed E-state index contributed by atoms with van der Waals surface area (Å²) in [7, 11) is 0. The van der Waals surface area contributed by atoms with Gasteiger partial charge in [0.1, 0.15) is 12.4 Å². The summed E-state index contributed by atoms with van der Waals surface area (Å²) in [5, 5.41) is 3.76. The molecule has 16 heavy (non-hydrogen) atoms. The zero-order valence-electron chi connectivity index (χ0n) is 9.22. The molecule has 0 saturated heterocycles. The van der Waals surface area contributed by atoms with Crippen LogP contribution in [0.3, 0.4) is 0 Å². The average molecular weight is 305 g/mol. The van der Waals surface area contributed by atoms with Gasteiger partial charge < -0.3 is 10.1 Å². The van der Waals surface area contributed by atoms with Gasteiger partial charge in [-0.25, -0.2) is 0 Å². The van der Waals surface area contributed by atoms with Crippen molar-refractivity contribution in [1.82, 2.24) is 5.32 Å². The lowest BCUT2D eigenvalue weighted by molar-refractivity contribution is 0.359. The zero-order chi connectivity index (χ0) is 12.0. The molecule has 0 spiro atoms. The fraction of sp³-hybridized carbons (Fsp3) is 0.333. The van der Waals surface area contributed by atoms with Crippen molar-refractivity contribution in [3.63, 3.8) is 0 Å². The van der Waals surface area contributed by atoms with Crippen molar-refractivity contribution in [2.75, 3.05) is 13.2 Å². The smallest absolute Gasteiger partial charge is 0.123 e. The molecule has 4 heteroatoms. The first-order chi connectivity index (χ1) is 7.63. The van der Waals surface area contributed by atoms with Gasteiger partial charge in [-0.2, -0.15) is 0 Å². The van der Waals surface area contributed by atoms with Gasteiger partial charge >= 0.3 is 0 Å². The van der Waals surface area contributed by atoms with Crippen LogP contribution in [0.25, 0.3) is 0 Å². The van der Waals surface area contributed by atoms with Gasteiger partial charge in [0.05, 0.1) is 0 Å². The maximum Gasteiger partial charge on any atom is 0.123 e. The second kappa shape index (κ2) is 6.94. The molecule has 0 unspecified atom stereocenters. The first kappa shape index (κ1) is 13.6. The SMILES string of the molecule is C=C(Cl)COc1ccc(Br)c(CNCC)c1. The highest BCUT2D eigenvalue weighted by molar-refractivity contribution is 9.10. The minimum Gasteiger partial charge on any atom is -0.488 e. The Morgan fingerprint density at radius 2 is 2.31 bits per heavy atom. The highest BCUT2D eigenvalue weighted by atomic mass is 79.9. The maximum atomic E-state index is 5.64. The first-order valence-electron chi connectivity index (χ1n) is 5.08. The molecule has 0 aliphatic heterocycles. The van der Waals surface area contributed by atoms with Crippen LogP contribution in [0.2, 0.25) is 0 Å². The van der Waals surface area contributed by atoms with E-state index >= 15 is 0 Å². The van der Waals surface area contributed by atoms with Crippen LogP contribution in [0.15, 0.2) is 34.3 Å². The Bertz CT molecular complexity index is 368. The number of nitrogens with one attached hydrogen (secondary N) is 1. The van der Waals surface area contributed by atoms with Gasteiger partial charge in [0.2, 0.25) is 0 Å². The van der Waals surface area contributed by atoms with Crippen LogP contribution in [0.4, 0.5) is 0 Å². The lowest BCUT2D eigenvalue weighted by Crippen LogP contribution is -2.12. The standard InChI is InChI=1S/C12H15BrClNO/c1-3-15-7-10-6-11(4-5-12(10)13)16-8-9(2)14/h4-6,15H,2-3,7-8H2,1H3. The highest BCUT2D eigenvalue weighted by Gasteiger charge is 2.02. The Morgan fingerprint density at radius 3 is 2.94 bits per heavy atom. The van der Waals surface area contributed by atoms with Gasteiger partial charge in [-0.05, 0) is 30.3 Å².